The summed E-state index contributed by atoms with van der Waals surface area (Å²) in [6, 6.07) is 5.82. The lowest BCUT2D eigenvalue weighted by Crippen LogP contribution is -1.99. The standard InChI is InChI=1S/C14H17ClN2O2/c1-9-5-6-12(13(7-9)18-4)19-8-11-10(2)16-17(3)14(11)15/h5-7H,8H2,1-4H3. The van der Waals surface area contributed by atoms with Gasteiger partial charge in [0.1, 0.15) is 11.8 Å². The maximum absolute atomic E-state index is 6.17. The average molecular weight is 281 g/mol. The molecule has 0 unspecified atom stereocenters. The van der Waals surface area contributed by atoms with E-state index in [9.17, 15) is 0 Å². The molecule has 0 saturated heterocycles. The molecular formula is C14H17ClN2O2. The Bertz CT molecular complexity index is 593. The van der Waals surface area contributed by atoms with Crippen LogP contribution in [0.3, 0.4) is 0 Å². The van der Waals surface area contributed by atoms with Crippen LogP contribution in [-0.4, -0.2) is 16.9 Å². The average Bonchev–Trinajstić information content (AvgIpc) is 2.62. The number of hydrogen-bond donors (Lipinski definition) is 0. The van der Waals surface area contributed by atoms with Crippen LogP contribution in [0.25, 0.3) is 0 Å². The lowest BCUT2D eigenvalue weighted by molar-refractivity contribution is 0.284. The van der Waals surface area contributed by atoms with Crippen molar-refractivity contribution in [3.8, 4) is 11.5 Å². The number of ether oxygens (including phenoxy) is 2. The third-order valence-corrected chi connectivity index (χ3v) is 3.43. The number of halogens is 1. The Hall–Kier alpha value is -1.68. The molecule has 102 valence electrons. The van der Waals surface area contributed by atoms with Crippen LogP contribution >= 0.6 is 11.6 Å². The molecule has 1 aromatic heterocycles. The Morgan fingerprint density at radius 1 is 1.26 bits per heavy atom. The van der Waals surface area contributed by atoms with Crippen LogP contribution in [0.5, 0.6) is 11.5 Å². The Morgan fingerprint density at radius 3 is 2.58 bits per heavy atom. The van der Waals surface area contributed by atoms with Gasteiger partial charge in [0.05, 0.1) is 12.8 Å². The molecule has 0 bridgehead atoms. The van der Waals surface area contributed by atoms with Crippen LogP contribution in [-0.2, 0) is 13.7 Å². The molecule has 0 saturated carbocycles. The van der Waals surface area contributed by atoms with Gasteiger partial charge in [0.2, 0.25) is 0 Å². The van der Waals surface area contributed by atoms with Gasteiger partial charge >= 0.3 is 0 Å². The zero-order valence-electron chi connectivity index (χ0n) is 11.5. The van der Waals surface area contributed by atoms with Gasteiger partial charge in [-0.2, -0.15) is 5.10 Å². The first-order valence-electron chi connectivity index (χ1n) is 5.98. The van der Waals surface area contributed by atoms with Gasteiger partial charge in [0.25, 0.3) is 0 Å². The predicted molar refractivity (Wildman–Crippen MR) is 75.0 cm³/mol. The molecule has 0 radical (unpaired) electrons. The molecule has 0 atom stereocenters. The van der Waals surface area contributed by atoms with E-state index in [0.717, 1.165) is 22.6 Å². The van der Waals surface area contributed by atoms with E-state index < -0.39 is 0 Å². The summed E-state index contributed by atoms with van der Waals surface area (Å²) in [7, 11) is 3.44. The molecule has 0 amide bonds. The molecule has 5 heteroatoms. The molecule has 0 aliphatic heterocycles. The van der Waals surface area contributed by atoms with Crippen molar-refractivity contribution in [1.82, 2.24) is 9.78 Å². The number of hydrogen-bond acceptors (Lipinski definition) is 3. The Labute approximate surface area is 117 Å². The van der Waals surface area contributed by atoms with Gasteiger partial charge in [-0.3, -0.25) is 4.68 Å². The molecule has 19 heavy (non-hydrogen) atoms. The maximum atomic E-state index is 6.17. The van der Waals surface area contributed by atoms with Crippen molar-refractivity contribution in [3.05, 3.63) is 40.2 Å². The molecule has 2 aromatic rings. The van der Waals surface area contributed by atoms with E-state index >= 15 is 0 Å². The summed E-state index contributed by atoms with van der Waals surface area (Å²) in [6.45, 7) is 4.29. The van der Waals surface area contributed by atoms with Crippen LogP contribution in [0.4, 0.5) is 0 Å². The number of nitrogens with zero attached hydrogens (tertiary/aromatic N) is 2. The number of rotatable bonds is 4. The maximum Gasteiger partial charge on any atom is 0.161 e. The summed E-state index contributed by atoms with van der Waals surface area (Å²) in [4.78, 5) is 0. The fourth-order valence-electron chi connectivity index (χ4n) is 1.88. The first-order valence-corrected chi connectivity index (χ1v) is 6.36. The smallest absolute Gasteiger partial charge is 0.161 e. The van der Waals surface area contributed by atoms with Gasteiger partial charge in [-0.05, 0) is 31.5 Å². The highest BCUT2D eigenvalue weighted by molar-refractivity contribution is 6.30. The molecule has 4 nitrogen and oxygen atoms in total. The van der Waals surface area contributed by atoms with Crippen LogP contribution in [0, 0.1) is 13.8 Å². The number of benzene rings is 1. The van der Waals surface area contributed by atoms with Crippen molar-refractivity contribution in [2.75, 3.05) is 7.11 Å². The topological polar surface area (TPSA) is 36.3 Å². The van der Waals surface area contributed by atoms with Gasteiger partial charge in [-0.25, -0.2) is 0 Å². The Morgan fingerprint density at radius 2 is 2.00 bits per heavy atom. The molecule has 2 rings (SSSR count). The predicted octanol–water partition coefficient (Wildman–Crippen LogP) is 3.28. The first kappa shape index (κ1) is 13.7. The summed E-state index contributed by atoms with van der Waals surface area (Å²) >= 11 is 6.17. The fraction of sp³-hybridized carbons (Fsp3) is 0.357. The minimum Gasteiger partial charge on any atom is -0.493 e. The van der Waals surface area contributed by atoms with E-state index in [0.29, 0.717) is 17.5 Å². The minimum absolute atomic E-state index is 0.373. The summed E-state index contributed by atoms with van der Waals surface area (Å²) in [5.74, 6) is 1.42. The summed E-state index contributed by atoms with van der Waals surface area (Å²) < 4.78 is 12.7. The second-order valence-corrected chi connectivity index (χ2v) is 4.78. The second kappa shape index (κ2) is 5.53. The molecule has 1 heterocycles. The van der Waals surface area contributed by atoms with Gasteiger partial charge in [0, 0.05) is 12.6 Å². The number of aromatic nitrogens is 2. The van der Waals surface area contributed by atoms with Gasteiger partial charge in [-0.15, -0.1) is 0 Å². The van der Waals surface area contributed by atoms with Crippen molar-refractivity contribution in [2.24, 2.45) is 7.05 Å². The summed E-state index contributed by atoms with van der Waals surface area (Å²) in [5, 5.41) is 4.85. The molecule has 0 fully saturated rings. The molecular weight excluding hydrogens is 264 g/mol. The molecule has 0 aliphatic rings. The second-order valence-electron chi connectivity index (χ2n) is 4.42. The number of methoxy groups -OCH3 is 1. The third-order valence-electron chi connectivity index (χ3n) is 2.96. The van der Waals surface area contributed by atoms with Crippen molar-refractivity contribution in [1.29, 1.82) is 0 Å². The zero-order valence-corrected chi connectivity index (χ0v) is 12.3. The van der Waals surface area contributed by atoms with Crippen molar-refractivity contribution in [3.63, 3.8) is 0 Å². The Balaban J connectivity index is 2.19. The highest BCUT2D eigenvalue weighted by atomic mass is 35.5. The van der Waals surface area contributed by atoms with E-state index in [-0.39, 0.29) is 0 Å². The quantitative estimate of drug-likeness (QED) is 0.862. The van der Waals surface area contributed by atoms with E-state index in [1.807, 2.05) is 39.1 Å². The zero-order chi connectivity index (χ0) is 14.0. The summed E-state index contributed by atoms with van der Waals surface area (Å²) in [5.41, 5.74) is 2.89. The van der Waals surface area contributed by atoms with Gasteiger partial charge in [0.15, 0.2) is 11.5 Å². The van der Waals surface area contributed by atoms with Gasteiger partial charge in [-0.1, -0.05) is 17.7 Å². The van der Waals surface area contributed by atoms with Crippen molar-refractivity contribution < 1.29 is 9.47 Å². The normalized spacial score (nSPS) is 10.6. The van der Waals surface area contributed by atoms with Crippen LogP contribution in [0.2, 0.25) is 5.15 Å². The van der Waals surface area contributed by atoms with Crippen LogP contribution in [0.15, 0.2) is 18.2 Å². The monoisotopic (exact) mass is 280 g/mol. The van der Waals surface area contributed by atoms with E-state index in [1.165, 1.54) is 0 Å². The highest BCUT2D eigenvalue weighted by Crippen LogP contribution is 2.29. The van der Waals surface area contributed by atoms with Gasteiger partial charge < -0.3 is 9.47 Å². The largest absolute Gasteiger partial charge is 0.493 e. The summed E-state index contributed by atoms with van der Waals surface area (Å²) in [6.07, 6.45) is 0. The number of aryl methyl sites for hydroxylation is 3. The first-order chi connectivity index (χ1) is 9.02. The van der Waals surface area contributed by atoms with E-state index in [2.05, 4.69) is 5.10 Å². The van der Waals surface area contributed by atoms with Crippen LogP contribution < -0.4 is 9.47 Å². The lowest BCUT2D eigenvalue weighted by Gasteiger charge is -2.11. The van der Waals surface area contributed by atoms with Crippen molar-refractivity contribution in [2.45, 2.75) is 20.5 Å². The minimum atomic E-state index is 0.373. The van der Waals surface area contributed by atoms with E-state index in [4.69, 9.17) is 21.1 Å². The third kappa shape index (κ3) is 2.84. The highest BCUT2D eigenvalue weighted by Gasteiger charge is 2.13. The lowest BCUT2D eigenvalue weighted by atomic mass is 10.2. The fourth-order valence-corrected chi connectivity index (χ4v) is 2.11. The molecule has 0 N–H and O–H groups in total. The van der Waals surface area contributed by atoms with E-state index in [1.54, 1.807) is 11.8 Å². The molecule has 0 spiro atoms. The Kier molecular flexibility index (Phi) is 4.00. The van der Waals surface area contributed by atoms with Crippen molar-refractivity contribution >= 4 is 11.6 Å². The molecule has 1 aromatic carbocycles. The van der Waals surface area contributed by atoms with Crippen LogP contribution in [0.1, 0.15) is 16.8 Å². The molecule has 0 aliphatic carbocycles. The SMILES string of the molecule is COc1cc(C)ccc1OCc1c(C)nn(C)c1Cl.